The van der Waals surface area contributed by atoms with Crippen LogP contribution in [0.1, 0.15) is 52.0 Å². The number of likely N-dealkylation sites (tertiary alicyclic amines) is 1. The van der Waals surface area contributed by atoms with Crippen molar-refractivity contribution < 1.29 is 27.9 Å². The van der Waals surface area contributed by atoms with Gasteiger partial charge in [0.05, 0.1) is 18.2 Å². The Morgan fingerprint density at radius 1 is 1.25 bits per heavy atom. The molecule has 0 unspecified atom stereocenters. The lowest BCUT2D eigenvalue weighted by Crippen LogP contribution is -2.47. The van der Waals surface area contributed by atoms with Gasteiger partial charge in [-0.1, -0.05) is 33.3 Å². The summed E-state index contributed by atoms with van der Waals surface area (Å²) in [5.74, 6) is 0.472. The minimum Gasteiger partial charge on any atom is -0.394 e. The second kappa shape index (κ2) is 11.5. The van der Waals surface area contributed by atoms with E-state index in [2.05, 4.69) is 10.6 Å². The average Bonchev–Trinajstić information content (AvgIpc) is 2.72. The number of nitrogens with one attached hydrogen (secondary N) is 2. The molecule has 2 rings (SSSR count). The van der Waals surface area contributed by atoms with Gasteiger partial charge in [0.15, 0.2) is 0 Å². The van der Waals surface area contributed by atoms with Crippen LogP contribution in [-0.4, -0.2) is 47.7 Å². The van der Waals surface area contributed by atoms with Gasteiger partial charge in [-0.15, -0.1) is 0 Å². The molecule has 0 aromatic heterocycles. The van der Waals surface area contributed by atoms with Crippen LogP contribution in [0.5, 0.6) is 0 Å². The molecule has 0 bridgehead atoms. The number of urea groups is 1. The summed E-state index contributed by atoms with van der Waals surface area (Å²) in [5.41, 5.74) is -0.718. The van der Waals surface area contributed by atoms with Gasteiger partial charge in [-0.3, -0.25) is 4.79 Å². The van der Waals surface area contributed by atoms with Gasteiger partial charge in [0, 0.05) is 25.2 Å². The van der Waals surface area contributed by atoms with E-state index in [1.807, 2.05) is 20.8 Å². The standard InChI is InChI=1S/C23H34F3N3O3/c1-4-16-13-29(22(32)28-19-7-5-6-18(12-19)23(24,25)26)9-8-17(16)11-21(31)27-20(14-30)10-15(2)3/h5-7,12,15-17,20,30H,4,8-11,13-14H2,1-3H3,(H,27,31)(H,28,32)/t16-,17+,20-/m1/s1. The molecule has 180 valence electrons. The molecule has 1 fully saturated rings. The minimum absolute atomic E-state index is 0.0968. The van der Waals surface area contributed by atoms with E-state index >= 15 is 0 Å². The molecule has 1 heterocycles. The van der Waals surface area contributed by atoms with Crippen LogP contribution in [0.25, 0.3) is 0 Å². The highest BCUT2D eigenvalue weighted by atomic mass is 19.4. The maximum atomic E-state index is 12.9. The minimum atomic E-state index is -4.48. The summed E-state index contributed by atoms with van der Waals surface area (Å²) in [5, 5.41) is 14.9. The Morgan fingerprint density at radius 3 is 2.56 bits per heavy atom. The van der Waals surface area contributed by atoms with Crippen LogP contribution >= 0.6 is 0 Å². The lowest BCUT2D eigenvalue weighted by atomic mass is 9.81. The van der Waals surface area contributed by atoms with E-state index in [1.54, 1.807) is 4.90 Å². The molecule has 1 aromatic rings. The molecular weight excluding hydrogens is 423 g/mol. The van der Waals surface area contributed by atoms with Crippen molar-refractivity contribution in [2.45, 2.75) is 58.7 Å². The highest BCUT2D eigenvalue weighted by Crippen LogP contribution is 2.32. The maximum absolute atomic E-state index is 12.9. The number of rotatable bonds is 8. The SMILES string of the molecule is CC[C@@H]1CN(C(=O)Nc2cccc(C(F)(F)F)c2)CC[C@H]1CC(=O)N[C@@H](CO)CC(C)C. The van der Waals surface area contributed by atoms with Crippen molar-refractivity contribution in [3.05, 3.63) is 29.8 Å². The molecule has 0 radical (unpaired) electrons. The van der Waals surface area contributed by atoms with Gasteiger partial charge < -0.3 is 20.6 Å². The fraction of sp³-hybridized carbons (Fsp3) is 0.652. The smallest absolute Gasteiger partial charge is 0.394 e. The summed E-state index contributed by atoms with van der Waals surface area (Å²) in [4.78, 5) is 26.7. The first-order valence-corrected chi connectivity index (χ1v) is 11.2. The van der Waals surface area contributed by atoms with Gasteiger partial charge in [0.25, 0.3) is 0 Å². The second-order valence-electron chi connectivity index (χ2n) is 8.95. The predicted octanol–water partition coefficient (Wildman–Crippen LogP) is 4.50. The fourth-order valence-electron chi connectivity index (χ4n) is 4.25. The molecule has 32 heavy (non-hydrogen) atoms. The van der Waals surface area contributed by atoms with Gasteiger partial charge in [0.1, 0.15) is 0 Å². The van der Waals surface area contributed by atoms with Crippen molar-refractivity contribution >= 4 is 17.6 Å². The summed E-state index contributed by atoms with van der Waals surface area (Å²) < 4.78 is 38.7. The van der Waals surface area contributed by atoms with Gasteiger partial charge in [-0.2, -0.15) is 13.2 Å². The first-order chi connectivity index (χ1) is 15.0. The number of carbonyl (C=O) groups is 2. The first-order valence-electron chi connectivity index (χ1n) is 11.2. The van der Waals surface area contributed by atoms with Gasteiger partial charge in [-0.05, 0) is 48.8 Å². The van der Waals surface area contributed by atoms with Crippen molar-refractivity contribution in [1.29, 1.82) is 0 Å². The highest BCUT2D eigenvalue weighted by Gasteiger charge is 2.33. The second-order valence-corrected chi connectivity index (χ2v) is 8.95. The average molecular weight is 458 g/mol. The zero-order valence-corrected chi connectivity index (χ0v) is 18.9. The number of piperidine rings is 1. The Labute approximate surface area is 187 Å². The number of aliphatic hydroxyl groups excluding tert-OH is 1. The highest BCUT2D eigenvalue weighted by molar-refractivity contribution is 5.89. The van der Waals surface area contributed by atoms with Crippen molar-refractivity contribution in [3.8, 4) is 0 Å². The van der Waals surface area contributed by atoms with E-state index in [9.17, 15) is 27.9 Å². The molecule has 0 saturated carbocycles. The number of alkyl halides is 3. The summed E-state index contributed by atoms with van der Waals surface area (Å²) in [6.07, 6.45) is -2.03. The summed E-state index contributed by atoms with van der Waals surface area (Å²) >= 11 is 0. The van der Waals surface area contributed by atoms with Gasteiger partial charge >= 0.3 is 12.2 Å². The Bertz CT molecular complexity index is 770. The quantitative estimate of drug-likeness (QED) is 0.538. The largest absolute Gasteiger partial charge is 0.416 e. The molecule has 1 aromatic carbocycles. The summed E-state index contributed by atoms with van der Waals surface area (Å²) in [7, 11) is 0. The van der Waals surface area contributed by atoms with Gasteiger partial charge in [0.2, 0.25) is 5.91 Å². The zero-order chi connectivity index (χ0) is 23.9. The number of aliphatic hydroxyl groups is 1. The van der Waals surface area contributed by atoms with E-state index in [-0.39, 0.29) is 36.1 Å². The Balaban J connectivity index is 1.92. The maximum Gasteiger partial charge on any atom is 0.416 e. The van der Waals surface area contributed by atoms with Crippen LogP contribution in [0.3, 0.4) is 0 Å². The van der Waals surface area contributed by atoms with Crippen LogP contribution in [0.15, 0.2) is 24.3 Å². The molecule has 0 spiro atoms. The van der Waals surface area contributed by atoms with Crippen LogP contribution in [0, 0.1) is 17.8 Å². The predicted molar refractivity (Wildman–Crippen MR) is 117 cm³/mol. The van der Waals surface area contributed by atoms with Crippen molar-refractivity contribution in [3.63, 3.8) is 0 Å². The zero-order valence-electron chi connectivity index (χ0n) is 18.9. The summed E-state index contributed by atoms with van der Waals surface area (Å²) in [6.45, 7) is 6.82. The number of hydrogen-bond donors (Lipinski definition) is 3. The van der Waals surface area contributed by atoms with Gasteiger partial charge in [-0.25, -0.2) is 4.79 Å². The van der Waals surface area contributed by atoms with E-state index in [0.717, 1.165) is 18.6 Å². The van der Waals surface area contributed by atoms with E-state index < -0.39 is 17.8 Å². The third-order valence-electron chi connectivity index (χ3n) is 5.93. The molecule has 3 N–H and O–H groups in total. The number of anilines is 1. The first kappa shape index (κ1) is 26.0. The number of hydrogen-bond acceptors (Lipinski definition) is 3. The molecule has 1 aliphatic heterocycles. The number of nitrogens with zero attached hydrogens (tertiary/aromatic N) is 1. The molecule has 3 amide bonds. The lowest BCUT2D eigenvalue weighted by molar-refractivity contribution is -0.137. The van der Waals surface area contributed by atoms with Crippen LogP contribution in [0.2, 0.25) is 0 Å². The van der Waals surface area contributed by atoms with Crippen molar-refractivity contribution in [2.75, 3.05) is 25.0 Å². The fourth-order valence-corrected chi connectivity index (χ4v) is 4.25. The molecule has 6 nitrogen and oxygen atoms in total. The third-order valence-corrected chi connectivity index (χ3v) is 5.93. The summed E-state index contributed by atoms with van der Waals surface area (Å²) in [6, 6.07) is 3.86. The van der Waals surface area contributed by atoms with E-state index in [1.165, 1.54) is 12.1 Å². The molecule has 9 heteroatoms. The molecule has 1 aliphatic rings. The molecular formula is C23H34F3N3O3. The van der Waals surface area contributed by atoms with Crippen molar-refractivity contribution in [2.24, 2.45) is 17.8 Å². The number of benzene rings is 1. The number of carbonyl (C=O) groups excluding carboxylic acids is 2. The Hall–Kier alpha value is -2.29. The monoisotopic (exact) mass is 457 g/mol. The van der Waals surface area contributed by atoms with Crippen LogP contribution in [-0.2, 0) is 11.0 Å². The normalized spacial score (nSPS) is 20.2. The van der Waals surface area contributed by atoms with Crippen LogP contribution in [0.4, 0.5) is 23.7 Å². The van der Waals surface area contributed by atoms with E-state index in [0.29, 0.717) is 38.3 Å². The van der Waals surface area contributed by atoms with Crippen molar-refractivity contribution in [1.82, 2.24) is 10.2 Å². The van der Waals surface area contributed by atoms with E-state index in [4.69, 9.17) is 0 Å². The van der Waals surface area contributed by atoms with Crippen LogP contribution < -0.4 is 10.6 Å². The number of amides is 3. The number of halogens is 3. The Kier molecular flexibility index (Phi) is 9.36. The third kappa shape index (κ3) is 7.69. The lowest BCUT2D eigenvalue weighted by Gasteiger charge is -2.38. The molecule has 1 saturated heterocycles. The topological polar surface area (TPSA) is 81.7 Å². The molecule has 3 atom stereocenters. The molecule has 0 aliphatic carbocycles. The Morgan fingerprint density at radius 2 is 1.97 bits per heavy atom.